The van der Waals surface area contributed by atoms with Crippen LogP contribution in [0.2, 0.25) is 0 Å². The number of hydrogen-bond donors (Lipinski definition) is 0. The molecule has 1 aliphatic rings. The van der Waals surface area contributed by atoms with E-state index in [0.29, 0.717) is 0 Å². The highest BCUT2D eigenvalue weighted by molar-refractivity contribution is 4.75. The lowest BCUT2D eigenvalue weighted by atomic mass is 9.73. The van der Waals surface area contributed by atoms with Gasteiger partial charge in [0.15, 0.2) is 0 Å². The molecule has 0 aromatic rings. The van der Waals surface area contributed by atoms with Crippen molar-refractivity contribution in [2.24, 2.45) is 17.8 Å². The van der Waals surface area contributed by atoms with Gasteiger partial charge in [-0.3, -0.25) is 0 Å². The van der Waals surface area contributed by atoms with Crippen LogP contribution in [0.1, 0.15) is 46.5 Å². The average Bonchev–Trinajstić information content (AvgIpc) is 1.95. The maximum Gasteiger partial charge on any atom is -0.0389 e. The summed E-state index contributed by atoms with van der Waals surface area (Å²) in [5.74, 6) is 3.00. The van der Waals surface area contributed by atoms with Crippen LogP contribution in [-0.2, 0) is 0 Å². The lowest BCUT2D eigenvalue weighted by Crippen LogP contribution is -2.23. The Kier molecular flexibility index (Phi) is 2.76. The Bertz CT molecular complexity index is 96.2. The molecule has 0 amide bonds. The molecule has 0 nitrogen and oxygen atoms in total. The molecule has 0 spiro atoms. The molecule has 1 rings (SSSR count). The zero-order valence-corrected chi connectivity index (χ0v) is 7.56. The second kappa shape index (κ2) is 3.41. The maximum absolute atomic E-state index is 2.43. The molecule has 0 heterocycles. The van der Waals surface area contributed by atoms with Gasteiger partial charge in [-0.1, -0.05) is 46.5 Å². The predicted molar refractivity (Wildman–Crippen MR) is 46.0 cm³/mol. The summed E-state index contributed by atoms with van der Waals surface area (Å²) in [4.78, 5) is 0. The minimum Gasteiger partial charge on any atom is -0.0651 e. The largest absolute Gasteiger partial charge is 0.0651 e. The standard InChI is InChI=1S/C10H20/c1-4-10-7-5-6-8(2)9(10)3/h8-10H,4-7H2,1-3H3. The second-order valence-electron chi connectivity index (χ2n) is 3.94. The average molecular weight is 140 g/mol. The van der Waals surface area contributed by atoms with Crippen molar-refractivity contribution in [3.05, 3.63) is 0 Å². The Morgan fingerprint density at radius 1 is 1.20 bits per heavy atom. The third kappa shape index (κ3) is 1.53. The third-order valence-corrected chi connectivity index (χ3v) is 3.40. The quantitative estimate of drug-likeness (QED) is 0.523. The molecule has 0 aromatic heterocycles. The van der Waals surface area contributed by atoms with Crippen LogP contribution in [0.5, 0.6) is 0 Å². The van der Waals surface area contributed by atoms with Gasteiger partial charge in [0.1, 0.15) is 0 Å². The van der Waals surface area contributed by atoms with Crippen molar-refractivity contribution < 1.29 is 0 Å². The van der Waals surface area contributed by atoms with Gasteiger partial charge in [0.2, 0.25) is 0 Å². The van der Waals surface area contributed by atoms with E-state index in [0.717, 1.165) is 17.8 Å². The Morgan fingerprint density at radius 3 is 2.40 bits per heavy atom. The van der Waals surface area contributed by atoms with E-state index >= 15 is 0 Å². The summed E-state index contributed by atoms with van der Waals surface area (Å²) in [6.07, 6.45) is 5.83. The van der Waals surface area contributed by atoms with Crippen molar-refractivity contribution in [3.8, 4) is 0 Å². The zero-order valence-electron chi connectivity index (χ0n) is 7.56. The molecule has 0 N–H and O–H groups in total. The van der Waals surface area contributed by atoms with E-state index in [-0.39, 0.29) is 0 Å². The third-order valence-electron chi connectivity index (χ3n) is 3.40. The minimum atomic E-state index is 0.985. The van der Waals surface area contributed by atoms with Gasteiger partial charge in [0.05, 0.1) is 0 Å². The van der Waals surface area contributed by atoms with E-state index in [1.807, 2.05) is 0 Å². The van der Waals surface area contributed by atoms with Crippen molar-refractivity contribution in [1.82, 2.24) is 0 Å². The molecule has 1 aliphatic carbocycles. The van der Waals surface area contributed by atoms with E-state index < -0.39 is 0 Å². The molecule has 0 bridgehead atoms. The first-order valence-corrected chi connectivity index (χ1v) is 4.75. The molecule has 3 unspecified atom stereocenters. The molecule has 0 heteroatoms. The van der Waals surface area contributed by atoms with Crippen LogP contribution in [0.25, 0.3) is 0 Å². The lowest BCUT2D eigenvalue weighted by Gasteiger charge is -2.33. The molecule has 60 valence electrons. The van der Waals surface area contributed by atoms with E-state index in [9.17, 15) is 0 Å². The fourth-order valence-electron chi connectivity index (χ4n) is 2.27. The molecule has 0 radical (unpaired) electrons. The van der Waals surface area contributed by atoms with Gasteiger partial charge in [0, 0.05) is 0 Å². The Morgan fingerprint density at radius 2 is 1.90 bits per heavy atom. The first kappa shape index (κ1) is 8.10. The van der Waals surface area contributed by atoms with Gasteiger partial charge >= 0.3 is 0 Å². The van der Waals surface area contributed by atoms with E-state index in [1.165, 1.54) is 25.7 Å². The second-order valence-corrected chi connectivity index (χ2v) is 3.94. The van der Waals surface area contributed by atoms with E-state index in [4.69, 9.17) is 0 Å². The van der Waals surface area contributed by atoms with Crippen LogP contribution in [0.3, 0.4) is 0 Å². The topological polar surface area (TPSA) is 0 Å². The predicted octanol–water partition coefficient (Wildman–Crippen LogP) is 3.47. The van der Waals surface area contributed by atoms with Crippen LogP contribution in [-0.4, -0.2) is 0 Å². The highest BCUT2D eigenvalue weighted by Crippen LogP contribution is 2.35. The summed E-state index contributed by atoms with van der Waals surface area (Å²) in [6.45, 7) is 7.17. The molecule has 3 atom stereocenters. The first-order chi connectivity index (χ1) is 4.75. The van der Waals surface area contributed by atoms with Gasteiger partial charge in [-0.2, -0.15) is 0 Å². The smallest absolute Gasteiger partial charge is 0.0389 e. The maximum atomic E-state index is 2.43. The fraction of sp³-hybridized carbons (Fsp3) is 1.00. The monoisotopic (exact) mass is 140 g/mol. The highest BCUT2D eigenvalue weighted by atomic mass is 14.3. The zero-order chi connectivity index (χ0) is 7.56. The summed E-state index contributed by atoms with van der Waals surface area (Å²) in [6, 6.07) is 0. The first-order valence-electron chi connectivity index (χ1n) is 4.75. The molecular weight excluding hydrogens is 120 g/mol. The van der Waals surface area contributed by atoms with Gasteiger partial charge < -0.3 is 0 Å². The Labute approximate surface area is 65.0 Å². The van der Waals surface area contributed by atoms with Crippen molar-refractivity contribution in [3.63, 3.8) is 0 Å². The van der Waals surface area contributed by atoms with Crippen LogP contribution in [0.15, 0.2) is 0 Å². The molecule has 0 saturated heterocycles. The molecule has 0 aliphatic heterocycles. The van der Waals surface area contributed by atoms with Crippen molar-refractivity contribution in [2.45, 2.75) is 46.5 Å². The van der Waals surface area contributed by atoms with Crippen molar-refractivity contribution in [1.29, 1.82) is 0 Å². The van der Waals surface area contributed by atoms with Crippen LogP contribution < -0.4 is 0 Å². The van der Waals surface area contributed by atoms with Gasteiger partial charge in [-0.15, -0.1) is 0 Å². The number of rotatable bonds is 1. The normalized spacial score (nSPS) is 41.7. The summed E-state index contributed by atoms with van der Waals surface area (Å²) in [5.41, 5.74) is 0. The summed E-state index contributed by atoms with van der Waals surface area (Å²) in [5, 5.41) is 0. The van der Waals surface area contributed by atoms with Gasteiger partial charge in [0.25, 0.3) is 0 Å². The van der Waals surface area contributed by atoms with Crippen molar-refractivity contribution in [2.75, 3.05) is 0 Å². The SMILES string of the molecule is CCC1CCCC(C)C1C. The lowest BCUT2D eigenvalue weighted by molar-refractivity contribution is 0.178. The Balaban J connectivity index is 2.42. The van der Waals surface area contributed by atoms with Crippen LogP contribution in [0.4, 0.5) is 0 Å². The van der Waals surface area contributed by atoms with Gasteiger partial charge in [-0.05, 0) is 17.8 Å². The van der Waals surface area contributed by atoms with Gasteiger partial charge in [-0.25, -0.2) is 0 Å². The molecular formula is C10H20. The molecule has 0 aromatic carbocycles. The molecule has 1 fully saturated rings. The van der Waals surface area contributed by atoms with Crippen LogP contribution >= 0.6 is 0 Å². The summed E-state index contributed by atoms with van der Waals surface area (Å²) >= 11 is 0. The molecule has 1 saturated carbocycles. The minimum absolute atomic E-state index is 0.985. The number of hydrogen-bond acceptors (Lipinski definition) is 0. The summed E-state index contributed by atoms with van der Waals surface area (Å²) < 4.78 is 0. The van der Waals surface area contributed by atoms with Crippen molar-refractivity contribution >= 4 is 0 Å². The fourth-order valence-corrected chi connectivity index (χ4v) is 2.27. The van der Waals surface area contributed by atoms with Crippen LogP contribution in [0, 0.1) is 17.8 Å². The van der Waals surface area contributed by atoms with E-state index in [1.54, 1.807) is 0 Å². The molecule has 10 heavy (non-hydrogen) atoms. The highest BCUT2D eigenvalue weighted by Gasteiger charge is 2.24. The Hall–Kier alpha value is 0. The van der Waals surface area contributed by atoms with E-state index in [2.05, 4.69) is 20.8 Å². The summed E-state index contributed by atoms with van der Waals surface area (Å²) in [7, 11) is 0.